The first-order valence-corrected chi connectivity index (χ1v) is 2.75. The second-order valence-corrected chi connectivity index (χ2v) is 1.92. The van der Waals surface area contributed by atoms with Crippen LogP contribution in [0.2, 0.25) is 0 Å². The second-order valence-electron chi connectivity index (χ2n) is 1.92. The van der Waals surface area contributed by atoms with Crippen molar-refractivity contribution in [3.63, 3.8) is 0 Å². The van der Waals surface area contributed by atoms with Crippen molar-refractivity contribution in [1.82, 2.24) is 0 Å². The molecular formula is C7H5NO2. The molecule has 50 valence electrons. The zero-order valence-corrected chi connectivity index (χ0v) is 5.16. The maximum absolute atomic E-state index is 10.3. The van der Waals surface area contributed by atoms with Gasteiger partial charge in [-0.3, -0.25) is 0 Å². The SMILES string of the molecule is [C-]#[N+]C1=CCC(C(=O)O)=C1. The van der Waals surface area contributed by atoms with Gasteiger partial charge in [0.15, 0.2) is 5.70 Å². The average molecular weight is 135 g/mol. The van der Waals surface area contributed by atoms with Crippen LogP contribution in [0.4, 0.5) is 0 Å². The zero-order valence-electron chi connectivity index (χ0n) is 5.16. The number of aliphatic carboxylic acids is 1. The average Bonchev–Trinajstić information content (AvgIpc) is 2.34. The lowest BCUT2D eigenvalue weighted by atomic mass is 10.2. The highest BCUT2D eigenvalue weighted by molar-refractivity contribution is 5.88. The van der Waals surface area contributed by atoms with Gasteiger partial charge in [-0.25, -0.2) is 9.64 Å². The molecule has 0 spiro atoms. The van der Waals surface area contributed by atoms with Crippen LogP contribution in [-0.4, -0.2) is 11.1 Å². The Balaban J connectivity index is 2.78. The molecule has 0 aromatic carbocycles. The minimum atomic E-state index is -0.935. The van der Waals surface area contributed by atoms with E-state index in [4.69, 9.17) is 11.7 Å². The van der Waals surface area contributed by atoms with E-state index in [-0.39, 0.29) is 0 Å². The predicted octanol–water partition coefficient (Wildman–Crippen LogP) is 1.20. The Morgan fingerprint density at radius 1 is 1.80 bits per heavy atom. The molecule has 0 bridgehead atoms. The number of nitrogens with zero attached hydrogens (tertiary/aromatic N) is 1. The van der Waals surface area contributed by atoms with Crippen LogP contribution in [0.3, 0.4) is 0 Å². The van der Waals surface area contributed by atoms with Crippen LogP contribution >= 0.6 is 0 Å². The number of hydrogen-bond acceptors (Lipinski definition) is 1. The van der Waals surface area contributed by atoms with Crippen molar-refractivity contribution in [3.05, 3.63) is 34.8 Å². The Morgan fingerprint density at radius 3 is 2.80 bits per heavy atom. The van der Waals surface area contributed by atoms with Gasteiger partial charge in [-0.1, -0.05) is 6.08 Å². The molecule has 0 saturated heterocycles. The molecule has 1 N–H and O–H groups in total. The molecule has 0 aliphatic heterocycles. The molecule has 0 fully saturated rings. The molecule has 0 saturated carbocycles. The Labute approximate surface area is 58.1 Å². The molecule has 1 rings (SSSR count). The minimum absolute atomic E-state index is 0.297. The van der Waals surface area contributed by atoms with E-state index in [0.29, 0.717) is 17.7 Å². The summed E-state index contributed by atoms with van der Waals surface area (Å²) in [6.45, 7) is 6.55. The number of carbonyl (C=O) groups is 1. The van der Waals surface area contributed by atoms with Crippen molar-refractivity contribution >= 4 is 5.97 Å². The summed E-state index contributed by atoms with van der Waals surface area (Å²) in [5, 5.41) is 8.42. The summed E-state index contributed by atoms with van der Waals surface area (Å²) in [7, 11) is 0. The van der Waals surface area contributed by atoms with Crippen molar-refractivity contribution in [1.29, 1.82) is 0 Å². The number of allylic oxidation sites excluding steroid dienone is 2. The van der Waals surface area contributed by atoms with Gasteiger partial charge in [0.2, 0.25) is 0 Å². The Kier molecular flexibility index (Phi) is 1.55. The van der Waals surface area contributed by atoms with Gasteiger partial charge in [-0.15, -0.1) is 0 Å². The van der Waals surface area contributed by atoms with Crippen LogP contribution < -0.4 is 0 Å². The molecule has 3 nitrogen and oxygen atoms in total. The first-order chi connectivity index (χ1) is 4.74. The van der Waals surface area contributed by atoms with Gasteiger partial charge < -0.3 is 5.11 Å². The zero-order chi connectivity index (χ0) is 7.56. The minimum Gasteiger partial charge on any atom is -0.478 e. The molecule has 1 aliphatic rings. The standard InChI is InChI=1S/C7H5NO2/c1-8-6-3-2-5(4-6)7(9)10/h3-4H,2H2,(H,9,10). The van der Waals surface area contributed by atoms with E-state index in [1.165, 1.54) is 6.08 Å². The molecule has 10 heavy (non-hydrogen) atoms. The van der Waals surface area contributed by atoms with E-state index in [0.717, 1.165) is 0 Å². The van der Waals surface area contributed by atoms with Gasteiger partial charge in [0, 0.05) is 5.57 Å². The van der Waals surface area contributed by atoms with Gasteiger partial charge in [-0.2, -0.15) is 0 Å². The summed E-state index contributed by atoms with van der Waals surface area (Å²) >= 11 is 0. The topological polar surface area (TPSA) is 41.7 Å². The van der Waals surface area contributed by atoms with E-state index >= 15 is 0 Å². The fourth-order valence-electron chi connectivity index (χ4n) is 0.738. The number of carboxylic acids is 1. The summed E-state index contributed by atoms with van der Waals surface area (Å²) in [5.41, 5.74) is 0.725. The van der Waals surface area contributed by atoms with E-state index in [9.17, 15) is 4.79 Å². The molecule has 0 unspecified atom stereocenters. The van der Waals surface area contributed by atoms with Gasteiger partial charge in [0.25, 0.3) is 0 Å². The summed E-state index contributed by atoms with van der Waals surface area (Å²) in [6, 6.07) is 0. The molecule has 3 heteroatoms. The number of rotatable bonds is 1. The number of carboxylic acid groups (broad SMARTS) is 1. The van der Waals surface area contributed by atoms with Crippen LogP contribution in [0.25, 0.3) is 4.85 Å². The quantitative estimate of drug-likeness (QED) is 0.549. The molecule has 0 aromatic heterocycles. The highest BCUT2D eigenvalue weighted by Crippen LogP contribution is 2.17. The van der Waals surface area contributed by atoms with E-state index in [1.54, 1.807) is 6.08 Å². The maximum atomic E-state index is 10.3. The lowest BCUT2D eigenvalue weighted by Crippen LogP contribution is -1.96. The molecule has 0 aromatic rings. The van der Waals surface area contributed by atoms with E-state index in [2.05, 4.69) is 4.85 Å². The third kappa shape index (κ3) is 1.06. The first-order valence-electron chi connectivity index (χ1n) is 2.75. The molecule has 0 amide bonds. The van der Waals surface area contributed by atoms with Crippen molar-refractivity contribution in [2.45, 2.75) is 6.42 Å². The Morgan fingerprint density at radius 2 is 2.50 bits per heavy atom. The molecular weight excluding hydrogens is 130 g/mol. The third-order valence-corrected chi connectivity index (χ3v) is 1.26. The lowest BCUT2D eigenvalue weighted by Gasteiger charge is -1.87. The largest absolute Gasteiger partial charge is 0.478 e. The fourth-order valence-corrected chi connectivity index (χ4v) is 0.738. The summed E-state index contributed by atoms with van der Waals surface area (Å²) in [4.78, 5) is 13.4. The van der Waals surface area contributed by atoms with Crippen molar-refractivity contribution in [2.24, 2.45) is 0 Å². The predicted molar refractivity (Wildman–Crippen MR) is 35.0 cm³/mol. The van der Waals surface area contributed by atoms with E-state index < -0.39 is 5.97 Å². The highest BCUT2D eigenvalue weighted by atomic mass is 16.4. The first kappa shape index (κ1) is 6.56. The third-order valence-electron chi connectivity index (χ3n) is 1.26. The van der Waals surface area contributed by atoms with Gasteiger partial charge in [0.05, 0.1) is 6.57 Å². The van der Waals surface area contributed by atoms with Crippen molar-refractivity contribution < 1.29 is 9.90 Å². The van der Waals surface area contributed by atoms with Gasteiger partial charge in [-0.05, 0) is 12.5 Å². The Bertz CT molecular complexity index is 268. The van der Waals surface area contributed by atoms with Gasteiger partial charge >= 0.3 is 5.97 Å². The summed E-state index contributed by atoms with van der Waals surface area (Å²) in [6.07, 6.45) is 3.39. The molecule has 0 atom stereocenters. The van der Waals surface area contributed by atoms with Crippen LogP contribution in [0.1, 0.15) is 6.42 Å². The lowest BCUT2D eigenvalue weighted by molar-refractivity contribution is -0.132. The van der Waals surface area contributed by atoms with Crippen LogP contribution in [-0.2, 0) is 4.79 Å². The Hall–Kier alpha value is -1.56. The van der Waals surface area contributed by atoms with Crippen molar-refractivity contribution in [3.8, 4) is 0 Å². The molecule has 0 heterocycles. The van der Waals surface area contributed by atoms with Gasteiger partial charge in [0.1, 0.15) is 0 Å². The smallest absolute Gasteiger partial charge is 0.330 e. The summed E-state index contributed by atoms with van der Waals surface area (Å²) in [5.74, 6) is -0.935. The van der Waals surface area contributed by atoms with Crippen molar-refractivity contribution in [2.75, 3.05) is 0 Å². The van der Waals surface area contributed by atoms with Crippen LogP contribution in [0.5, 0.6) is 0 Å². The second kappa shape index (κ2) is 2.36. The monoisotopic (exact) mass is 135 g/mol. The highest BCUT2D eigenvalue weighted by Gasteiger charge is 2.11. The summed E-state index contributed by atoms with van der Waals surface area (Å²) < 4.78 is 0. The maximum Gasteiger partial charge on any atom is 0.330 e. The normalized spacial score (nSPS) is 15.5. The molecule has 0 radical (unpaired) electrons. The van der Waals surface area contributed by atoms with E-state index in [1.807, 2.05) is 0 Å². The number of hydrogen-bond donors (Lipinski definition) is 1. The fraction of sp³-hybridized carbons (Fsp3) is 0.143. The molecule has 1 aliphatic carbocycles. The van der Waals surface area contributed by atoms with Crippen LogP contribution in [0, 0.1) is 6.57 Å². The van der Waals surface area contributed by atoms with Crippen LogP contribution in [0.15, 0.2) is 23.4 Å².